The number of aromatic nitrogens is 1. The van der Waals surface area contributed by atoms with E-state index in [4.69, 9.17) is 0 Å². The third-order valence-corrected chi connectivity index (χ3v) is 2.63. The number of nitrogens with one attached hydrogen (secondary N) is 1. The highest BCUT2D eigenvalue weighted by molar-refractivity contribution is 5.66. The fraction of sp³-hybridized carbons (Fsp3) is 0.214. The van der Waals surface area contributed by atoms with Crippen LogP contribution in [-0.2, 0) is 6.54 Å². The standard InChI is InChI=1S/C14H16N2/c1-11-3-5-12(6-4-11)14-7-8-16-10-13(14)9-15-2/h3-8,10,15H,9H2,1-2H3. The number of hydrogen-bond acceptors (Lipinski definition) is 2. The van der Waals surface area contributed by atoms with E-state index < -0.39 is 0 Å². The molecule has 0 radical (unpaired) electrons. The Morgan fingerprint density at radius 1 is 1.12 bits per heavy atom. The molecule has 0 saturated carbocycles. The first-order chi connectivity index (χ1) is 7.81. The van der Waals surface area contributed by atoms with Crippen molar-refractivity contribution in [2.75, 3.05) is 7.05 Å². The van der Waals surface area contributed by atoms with E-state index in [2.05, 4.69) is 47.6 Å². The molecule has 0 atom stereocenters. The smallest absolute Gasteiger partial charge is 0.0319 e. The largest absolute Gasteiger partial charge is 0.316 e. The first kappa shape index (κ1) is 10.8. The van der Waals surface area contributed by atoms with Crippen LogP contribution in [-0.4, -0.2) is 12.0 Å². The maximum atomic E-state index is 4.17. The number of benzene rings is 1. The summed E-state index contributed by atoms with van der Waals surface area (Å²) < 4.78 is 0. The van der Waals surface area contributed by atoms with Crippen molar-refractivity contribution in [3.63, 3.8) is 0 Å². The maximum Gasteiger partial charge on any atom is 0.0319 e. The summed E-state index contributed by atoms with van der Waals surface area (Å²) >= 11 is 0. The molecule has 0 bridgehead atoms. The van der Waals surface area contributed by atoms with Crippen molar-refractivity contribution in [3.05, 3.63) is 53.9 Å². The Morgan fingerprint density at radius 3 is 2.56 bits per heavy atom. The van der Waals surface area contributed by atoms with E-state index in [0.29, 0.717) is 0 Å². The van der Waals surface area contributed by atoms with Crippen LogP contribution in [0.3, 0.4) is 0 Å². The molecule has 0 aliphatic heterocycles. The average Bonchev–Trinajstić information content (AvgIpc) is 2.32. The lowest BCUT2D eigenvalue weighted by atomic mass is 10.0. The Labute approximate surface area is 96.4 Å². The van der Waals surface area contributed by atoms with E-state index in [1.165, 1.54) is 22.3 Å². The van der Waals surface area contributed by atoms with E-state index in [0.717, 1.165) is 6.54 Å². The van der Waals surface area contributed by atoms with Crippen LogP contribution in [0.15, 0.2) is 42.7 Å². The first-order valence-corrected chi connectivity index (χ1v) is 5.46. The molecule has 2 heteroatoms. The van der Waals surface area contributed by atoms with Gasteiger partial charge in [0.2, 0.25) is 0 Å². The van der Waals surface area contributed by atoms with Gasteiger partial charge in [-0.15, -0.1) is 0 Å². The van der Waals surface area contributed by atoms with Gasteiger partial charge in [-0.05, 0) is 36.7 Å². The second-order valence-electron chi connectivity index (χ2n) is 3.93. The predicted molar refractivity (Wildman–Crippen MR) is 67.2 cm³/mol. The summed E-state index contributed by atoms with van der Waals surface area (Å²) in [6, 6.07) is 10.7. The van der Waals surface area contributed by atoms with Crippen molar-refractivity contribution >= 4 is 0 Å². The number of pyridine rings is 1. The molecular formula is C14H16N2. The summed E-state index contributed by atoms with van der Waals surface area (Å²) in [4.78, 5) is 4.17. The van der Waals surface area contributed by atoms with Gasteiger partial charge in [0.25, 0.3) is 0 Å². The minimum absolute atomic E-state index is 0.844. The van der Waals surface area contributed by atoms with E-state index in [-0.39, 0.29) is 0 Å². The second kappa shape index (κ2) is 4.90. The van der Waals surface area contributed by atoms with Crippen LogP contribution >= 0.6 is 0 Å². The molecule has 0 unspecified atom stereocenters. The van der Waals surface area contributed by atoms with E-state index in [1.807, 2.05) is 19.4 Å². The van der Waals surface area contributed by atoms with Crippen LogP contribution < -0.4 is 5.32 Å². The van der Waals surface area contributed by atoms with Crippen molar-refractivity contribution in [2.45, 2.75) is 13.5 Å². The quantitative estimate of drug-likeness (QED) is 0.846. The second-order valence-corrected chi connectivity index (χ2v) is 3.93. The zero-order valence-corrected chi connectivity index (χ0v) is 9.70. The predicted octanol–water partition coefficient (Wildman–Crippen LogP) is 2.78. The van der Waals surface area contributed by atoms with Crippen LogP contribution in [0.1, 0.15) is 11.1 Å². The SMILES string of the molecule is CNCc1cnccc1-c1ccc(C)cc1. The Kier molecular flexibility index (Phi) is 3.32. The number of rotatable bonds is 3. The van der Waals surface area contributed by atoms with Gasteiger partial charge in [0.05, 0.1) is 0 Å². The summed E-state index contributed by atoms with van der Waals surface area (Å²) in [5, 5.41) is 3.17. The van der Waals surface area contributed by atoms with E-state index in [1.54, 1.807) is 0 Å². The highest BCUT2D eigenvalue weighted by atomic mass is 14.8. The average molecular weight is 212 g/mol. The van der Waals surface area contributed by atoms with Crippen molar-refractivity contribution in [1.82, 2.24) is 10.3 Å². The van der Waals surface area contributed by atoms with Gasteiger partial charge in [-0.2, -0.15) is 0 Å². The molecule has 1 aromatic carbocycles. The Morgan fingerprint density at radius 2 is 1.88 bits per heavy atom. The summed E-state index contributed by atoms with van der Waals surface area (Å²) in [5.74, 6) is 0. The van der Waals surface area contributed by atoms with Crippen LogP contribution in [0.25, 0.3) is 11.1 Å². The minimum Gasteiger partial charge on any atom is -0.316 e. The van der Waals surface area contributed by atoms with E-state index >= 15 is 0 Å². The molecule has 0 fully saturated rings. The van der Waals surface area contributed by atoms with Crippen molar-refractivity contribution in [1.29, 1.82) is 0 Å². The lowest BCUT2D eigenvalue weighted by molar-refractivity contribution is 0.815. The lowest BCUT2D eigenvalue weighted by Crippen LogP contribution is -2.06. The lowest BCUT2D eigenvalue weighted by Gasteiger charge is -2.08. The zero-order valence-electron chi connectivity index (χ0n) is 9.70. The zero-order chi connectivity index (χ0) is 11.4. The van der Waals surface area contributed by atoms with Gasteiger partial charge < -0.3 is 5.32 Å². The molecule has 0 spiro atoms. The van der Waals surface area contributed by atoms with Crippen LogP contribution in [0.5, 0.6) is 0 Å². The van der Waals surface area contributed by atoms with Gasteiger partial charge in [0.1, 0.15) is 0 Å². The van der Waals surface area contributed by atoms with Gasteiger partial charge in [0.15, 0.2) is 0 Å². The summed E-state index contributed by atoms with van der Waals surface area (Å²) in [6.07, 6.45) is 3.76. The Bertz CT molecular complexity index is 460. The highest BCUT2D eigenvalue weighted by Gasteiger charge is 2.03. The van der Waals surface area contributed by atoms with Crippen LogP contribution in [0.2, 0.25) is 0 Å². The van der Waals surface area contributed by atoms with Crippen molar-refractivity contribution in [2.24, 2.45) is 0 Å². The maximum absolute atomic E-state index is 4.17. The molecule has 82 valence electrons. The summed E-state index contributed by atoms with van der Waals surface area (Å²) in [5.41, 5.74) is 5.02. The van der Waals surface area contributed by atoms with Gasteiger partial charge in [0, 0.05) is 18.9 Å². The monoisotopic (exact) mass is 212 g/mol. The molecule has 2 rings (SSSR count). The van der Waals surface area contributed by atoms with Gasteiger partial charge in [-0.25, -0.2) is 0 Å². The molecular weight excluding hydrogens is 196 g/mol. The van der Waals surface area contributed by atoms with Crippen molar-refractivity contribution in [3.8, 4) is 11.1 Å². The molecule has 1 aromatic heterocycles. The molecule has 2 aromatic rings. The third kappa shape index (κ3) is 2.28. The third-order valence-electron chi connectivity index (χ3n) is 2.63. The fourth-order valence-electron chi connectivity index (χ4n) is 1.77. The molecule has 0 saturated heterocycles. The van der Waals surface area contributed by atoms with Crippen molar-refractivity contribution < 1.29 is 0 Å². The van der Waals surface area contributed by atoms with Crippen LogP contribution in [0, 0.1) is 6.92 Å². The highest BCUT2D eigenvalue weighted by Crippen LogP contribution is 2.23. The fourth-order valence-corrected chi connectivity index (χ4v) is 1.77. The first-order valence-electron chi connectivity index (χ1n) is 5.46. The number of hydrogen-bond donors (Lipinski definition) is 1. The molecule has 0 aliphatic rings. The molecule has 0 amide bonds. The van der Waals surface area contributed by atoms with Gasteiger partial charge >= 0.3 is 0 Å². The van der Waals surface area contributed by atoms with Gasteiger partial charge in [-0.1, -0.05) is 29.8 Å². The Hall–Kier alpha value is -1.67. The molecule has 1 heterocycles. The number of nitrogens with zero attached hydrogens (tertiary/aromatic N) is 1. The molecule has 1 N–H and O–H groups in total. The Balaban J connectivity index is 2.42. The molecule has 0 aliphatic carbocycles. The number of aryl methyl sites for hydroxylation is 1. The summed E-state index contributed by atoms with van der Waals surface area (Å²) in [7, 11) is 1.95. The van der Waals surface area contributed by atoms with Gasteiger partial charge in [-0.3, -0.25) is 4.98 Å². The normalized spacial score (nSPS) is 10.4. The topological polar surface area (TPSA) is 24.9 Å². The molecule has 16 heavy (non-hydrogen) atoms. The molecule has 2 nitrogen and oxygen atoms in total. The minimum atomic E-state index is 0.844. The summed E-state index contributed by atoms with van der Waals surface area (Å²) in [6.45, 7) is 2.95. The van der Waals surface area contributed by atoms with E-state index in [9.17, 15) is 0 Å². The van der Waals surface area contributed by atoms with Crippen LogP contribution in [0.4, 0.5) is 0 Å².